The van der Waals surface area contributed by atoms with E-state index in [4.69, 9.17) is 0 Å². The number of fused-ring (bicyclic) bond motifs is 1. The van der Waals surface area contributed by atoms with Crippen molar-refractivity contribution in [1.29, 1.82) is 0 Å². The number of hydrogen-bond donors (Lipinski definition) is 0. The molecule has 1 amide bonds. The molecule has 106 valence electrons. The van der Waals surface area contributed by atoms with Crippen molar-refractivity contribution in [3.63, 3.8) is 0 Å². The number of thiophene rings is 1. The minimum Gasteiger partial charge on any atom is -0.327 e. The normalized spacial score (nSPS) is 19.1. The van der Waals surface area contributed by atoms with Crippen LogP contribution in [-0.2, 0) is 19.9 Å². The van der Waals surface area contributed by atoms with Crippen molar-refractivity contribution >= 4 is 28.6 Å². The fourth-order valence-electron chi connectivity index (χ4n) is 2.63. The molecule has 2 aromatic heterocycles. The van der Waals surface area contributed by atoms with E-state index in [1.807, 2.05) is 23.2 Å². The molecule has 0 bridgehead atoms. The summed E-state index contributed by atoms with van der Waals surface area (Å²) in [5.74, 6) is 0.683. The van der Waals surface area contributed by atoms with Crippen LogP contribution >= 0.6 is 22.7 Å². The number of carbonyl (C=O) groups is 1. The second-order valence-electron chi connectivity index (χ2n) is 5.29. The van der Waals surface area contributed by atoms with Crippen molar-refractivity contribution < 1.29 is 4.79 Å². The van der Waals surface area contributed by atoms with Crippen LogP contribution in [-0.4, -0.2) is 10.5 Å². The zero-order chi connectivity index (χ0) is 14.1. The first-order valence-corrected chi connectivity index (χ1v) is 8.67. The SMILES string of the molecule is CCC1CCc2sc(C(=O)N=c3sccn3C)cc2C1. The van der Waals surface area contributed by atoms with E-state index in [9.17, 15) is 4.79 Å². The molecule has 1 unspecified atom stereocenters. The lowest BCUT2D eigenvalue weighted by atomic mass is 9.87. The standard InChI is InChI=1S/C15H18N2OS2/c1-3-10-4-5-12-11(8-10)9-13(20-12)14(18)16-15-17(2)6-7-19-15/h6-7,9-10H,3-5,8H2,1-2H3. The number of hydrogen-bond acceptors (Lipinski definition) is 3. The van der Waals surface area contributed by atoms with E-state index in [0.717, 1.165) is 28.4 Å². The summed E-state index contributed by atoms with van der Waals surface area (Å²) in [7, 11) is 1.91. The van der Waals surface area contributed by atoms with Gasteiger partial charge in [-0.15, -0.1) is 22.7 Å². The first-order chi connectivity index (χ1) is 9.67. The van der Waals surface area contributed by atoms with Gasteiger partial charge in [-0.1, -0.05) is 13.3 Å². The third kappa shape index (κ3) is 2.65. The zero-order valence-corrected chi connectivity index (χ0v) is 13.4. The molecule has 1 aliphatic carbocycles. The average Bonchev–Trinajstić information content (AvgIpc) is 3.04. The Morgan fingerprint density at radius 1 is 1.55 bits per heavy atom. The molecule has 0 saturated carbocycles. The summed E-state index contributed by atoms with van der Waals surface area (Å²) in [4.78, 5) is 19.4. The second kappa shape index (κ2) is 5.66. The number of carbonyl (C=O) groups excluding carboxylic acids is 1. The third-order valence-corrected chi connectivity index (χ3v) is 6.00. The predicted molar refractivity (Wildman–Crippen MR) is 83.3 cm³/mol. The highest BCUT2D eigenvalue weighted by atomic mass is 32.1. The minimum absolute atomic E-state index is 0.101. The second-order valence-corrected chi connectivity index (χ2v) is 7.30. The Morgan fingerprint density at radius 3 is 3.10 bits per heavy atom. The maximum atomic E-state index is 12.3. The molecule has 0 fully saturated rings. The van der Waals surface area contributed by atoms with Gasteiger partial charge in [0.1, 0.15) is 0 Å². The minimum atomic E-state index is -0.101. The molecule has 20 heavy (non-hydrogen) atoms. The van der Waals surface area contributed by atoms with E-state index in [0.29, 0.717) is 0 Å². The molecule has 2 heterocycles. The number of rotatable bonds is 2. The van der Waals surface area contributed by atoms with E-state index in [-0.39, 0.29) is 5.91 Å². The van der Waals surface area contributed by atoms with Gasteiger partial charge in [-0.2, -0.15) is 4.99 Å². The molecular weight excluding hydrogens is 288 g/mol. The van der Waals surface area contributed by atoms with Crippen LogP contribution in [0.25, 0.3) is 0 Å². The molecule has 0 radical (unpaired) electrons. The van der Waals surface area contributed by atoms with Crippen LogP contribution in [0.3, 0.4) is 0 Å². The Kier molecular flexibility index (Phi) is 3.89. The fourth-order valence-corrected chi connectivity index (χ4v) is 4.45. The van der Waals surface area contributed by atoms with Crippen LogP contribution in [0.4, 0.5) is 0 Å². The van der Waals surface area contributed by atoms with Crippen LogP contribution in [0, 0.1) is 5.92 Å². The van der Waals surface area contributed by atoms with Crippen molar-refractivity contribution in [3.05, 3.63) is 37.8 Å². The van der Waals surface area contributed by atoms with Gasteiger partial charge in [0.25, 0.3) is 5.91 Å². The van der Waals surface area contributed by atoms with Crippen molar-refractivity contribution in [3.8, 4) is 0 Å². The molecular formula is C15H18N2OS2. The van der Waals surface area contributed by atoms with Crippen LogP contribution < -0.4 is 4.80 Å². The average molecular weight is 306 g/mol. The first-order valence-electron chi connectivity index (χ1n) is 6.98. The Morgan fingerprint density at radius 2 is 2.40 bits per heavy atom. The number of thiazole rings is 1. The molecule has 1 atom stereocenters. The Balaban J connectivity index is 1.88. The Bertz CT molecular complexity index is 693. The molecule has 0 N–H and O–H groups in total. The predicted octanol–water partition coefficient (Wildman–Crippen LogP) is 3.40. The first kappa shape index (κ1) is 13.8. The Labute approximate surface area is 126 Å². The monoisotopic (exact) mass is 306 g/mol. The lowest BCUT2D eigenvalue weighted by molar-refractivity contribution is 0.100. The highest BCUT2D eigenvalue weighted by Gasteiger charge is 2.21. The van der Waals surface area contributed by atoms with Gasteiger partial charge in [0, 0.05) is 23.5 Å². The van der Waals surface area contributed by atoms with Gasteiger partial charge in [0.05, 0.1) is 4.88 Å². The number of aromatic nitrogens is 1. The van der Waals surface area contributed by atoms with E-state index in [1.54, 1.807) is 11.3 Å². The highest BCUT2D eigenvalue weighted by Crippen LogP contribution is 2.33. The molecule has 0 saturated heterocycles. The highest BCUT2D eigenvalue weighted by molar-refractivity contribution is 7.14. The maximum Gasteiger partial charge on any atom is 0.289 e. The van der Waals surface area contributed by atoms with Gasteiger partial charge in [0.15, 0.2) is 4.80 Å². The molecule has 0 aromatic carbocycles. The largest absolute Gasteiger partial charge is 0.327 e. The van der Waals surface area contributed by atoms with Gasteiger partial charge >= 0.3 is 0 Å². The van der Waals surface area contributed by atoms with Gasteiger partial charge in [-0.25, -0.2) is 0 Å². The lowest BCUT2D eigenvalue weighted by Gasteiger charge is -2.19. The lowest BCUT2D eigenvalue weighted by Crippen LogP contribution is -2.12. The van der Waals surface area contributed by atoms with Crippen LogP contribution in [0.5, 0.6) is 0 Å². The van der Waals surface area contributed by atoms with Crippen molar-refractivity contribution in [2.75, 3.05) is 0 Å². The molecule has 0 aliphatic heterocycles. The molecule has 3 nitrogen and oxygen atoms in total. The summed E-state index contributed by atoms with van der Waals surface area (Å²) in [6, 6.07) is 2.07. The molecule has 1 aliphatic rings. The van der Waals surface area contributed by atoms with E-state index in [2.05, 4.69) is 18.0 Å². The summed E-state index contributed by atoms with van der Waals surface area (Å²) in [6.07, 6.45) is 6.66. The molecule has 3 rings (SSSR count). The summed E-state index contributed by atoms with van der Waals surface area (Å²) in [5.41, 5.74) is 1.38. The zero-order valence-electron chi connectivity index (χ0n) is 11.8. The van der Waals surface area contributed by atoms with E-state index < -0.39 is 0 Å². The van der Waals surface area contributed by atoms with Crippen molar-refractivity contribution in [2.45, 2.75) is 32.6 Å². The Hall–Kier alpha value is -1.20. The summed E-state index contributed by atoms with van der Waals surface area (Å²) < 4.78 is 1.88. The summed E-state index contributed by atoms with van der Waals surface area (Å²) in [6.45, 7) is 2.25. The van der Waals surface area contributed by atoms with Gasteiger partial charge in [0.2, 0.25) is 0 Å². The van der Waals surface area contributed by atoms with E-state index >= 15 is 0 Å². The molecule has 2 aromatic rings. The number of aryl methyl sites for hydroxylation is 2. The molecule has 0 spiro atoms. The topological polar surface area (TPSA) is 34.4 Å². The third-order valence-electron chi connectivity index (χ3n) is 3.93. The number of amides is 1. The van der Waals surface area contributed by atoms with Crippen molar-refractivity contribution in [1.82, 2.24) is 4.57 Å². The smallest absolute Gasteiger partial charge is 0.289 e. The van der Waals surface area contributed by atoms with Crippen LogP contribution in [0.1, 0.15) is 39.9 Å². The summed E-state index contributed by atoms with van der Waals surface area (Å²) >= 11 is 3.13. The van der Waals surface area contributed by atoms with Crippen LogP contribution in [0.2, 0.25) is 0 Å². The fraction of sp³-hybridized carbons (Fsp3) is 0.467. The van der Waals surface area contributed by atoms with Gasteiger partial charge in [-0.3, -0.25) is 4.79 Å². The summed E-state index contributed by atoms with van der Waals surface area (Å²) in [5, 5.41) is 1.94. The van der Waals surface area contributed by atoms with E-state index in [1.165, 1.54) is 34.6 Å². The van der Waals surface area contributed by atoms with Gasteiger partial charge in [-0.05, 0) is 36.8 Å². The molecule has 5 heteroatoms. The quantitative estimate of drug-likeness (QED) is 0.837. The maximum absolute atomic E-state index is 12.3. The van der Waals surface area contributed by atoms with Gasteiger partial charge < -0.3 is 4.57 Å². The number of nitrogens with zero attached hydrogens (tertiary/aromatic N) is 2. The van der Waals surface area contributed by atoms with Crippen molar-refractivity contribution in [2.24, 2.45) is 18.0 Å². The van der Waals surface area contributed by atoms with Crippen LogP contribution in [0.15, 0.2) is 22.6 Å².